The zero-order chi connectivity index (χ0) is 15.5. The van der Waals surface area contributed by atoms with E-state index in [4.69, 9.17) is 4.74 Å². The third kappa shape index (κ3) is 2.91. The van der Waals surface area contributed by atoms with E-state index < -0.39 is 0 Å². The van der Waals surface area contributed by atoms with Gasteiger partial charge in [0.2, 0.25) is 0 Å². The number of aromatic nitrogens is 2. The van der Waals surface area contributed by atoms with Crippen molar-refractivity contribution < 1.29 is 4.74 Å². The van der Waals surface area contributed by atoms with Crippen LogP contribution in [0, 0.1) is 12.8 Å². The van der Waals surface area contributed by atoms with Crippen LogP contribution in [0.5, 0.6) is 5.75 Å². The lowest BCUT2D eigenvalue weighted by Gasteiger charge is -2.28. The minimum absolute atomic E-state index is 0.301. The average molecular weight is 297 g/mol. The van der Waals surface area contributed by atoms with Gasteiger partial charge in [0.25, 0.3) is 0 Å². The van der Waals surface area contributed by atoms with Gasteiger partial charge in [0, 0.05) is 12.4 Å². The predicted molar refractivity (Wildman–Crippen MR) is 90.4 cm³/mol. The highest BCUT2D eigenvalue weighted by atomic mass is 16.5. The molecule has 0 amide bonds. The number of hydrogen-bond acceptors (Lipinski definition) is 4. The maximum absolute atomic E-state index is 6.27. The monoisotopic (exact) mass is 297 g/mol. The second-order valence-corrected chi connectivity index (χ2v) is 6.00. The largest absolute Gasteiger partial charge is 0.490 e. The molecule has 0 spiro atoms. The Labute approximate surface area is 131 Å². The summed E-state index contributed by atoms with van der Waals surface area (Å²) in [4.78, 5) is 8.62. The molecule has 0 unspecified atom stereocenters. The van der Waals surface area contributed by atoms with Crippen molar-refractivity contribution in [3.05, 3.63) is 36.7 Å². The highest BCUT2D eigenvalue weighted by molar-refractivity contribution is 5.90. The van der Waals surface area contributed by atoms with E-state index in [1.165, 1.54) is 12.8 Å². The first-order valence-electron chi connectivity index (χ1n) is 7.93. The van der Waals surface area contributed by atoms with Crippen LogP contribution in [-0.4, -0.2) is 23.1 Å². The van der Waals surface area contributed by atoms with Gasteiger partial charge in [0.15, 0.2) is 0 Å². The van der Waals surface area contributed by atoms with E-state index in [0.717, 1.165) is 40.9 Å². The number of ether oxygens (including phenoxy) is 1. The molecule has 0 aliphatic heterocycles. The summed E-state index contributed by atoms with van der Waals surface area (Å²) < 4.78 is 6.27. The molecule has 1 fully saturated rings. The summed E-state index contributed by atoms with van der Waals surface area (Å²) in [7, 11) is 1.87. The van der Waals surface area contributed by atoms with Crippen LogP contribution >= 0.6 is 0 Å². The first kappa shape index (κ1) is 14.8. The van der Waals surface area contributed by atoms with E-state index in [1.807, 2.05) is 7.05 Å². The maximum atomic E-state index is 6.27. The quantitative estimate of drug-likeness (QED) is 0.863. The third-order valence-corrected chi connectivity index (χ3v) is 4.51. The number of aryl methyl sites for hydroxylation is 1. The Morgan fingerprint density at radius 2 is 2.00 bits per heavy atom. The Morgan fingerprint density at radius 3 is 2.68 bits per heavy atom. The molecule has 0 bridgehead atoms. The zero-order valence-corrected chi connectivity index (χ0v) is 13.3. The molecule has 1 N–H and O–H groups in total. The van der Waals surface area contributed by atoms with E-state index in [-0.39, 0.29) is 0 Å². The van der Waals surface area contributed by atoms with Crippen LogP contribution in [0.25, 0.3) is 10.9 Å². The molecule has 1 aromatic carbocycles. The molecule has 22 heavy (non-hydrogen) atoms. The van der Waals surface area contributed by atoms with Crippen LogP contribution in [0.15, 0.2) is 31.1 Å². The highest BCUT2D eigenvalue weighted by Gasteiger charge is 2.21. The Bertz CT molecular complexity index is 675. The Hall–Kier alpha value is -2.10. The minimum Gasteiger partial charge on any atom is -0.490 e. The maximum Gasteiger partial charge on any atom is 0.137 e. The van der Waals surface area contributed by atoms with Crippen molar-refractivity contribution in [1.82, 2.24) is 9.97 Å². The van der Waals surface area contributed by atoms with Gasteiger partial charge in [-0.1, -0.05) is 6.08 Å². The van der Waals surface area contributed by atoms with E-state index in [0.29, 0.717) is 12.0 Å². The third-order valence-electron chi connectivity index (χ3n) is 4.51. The molecule has 4 nitrogen and oxygen atoms in total. The molecule has 1 aromatic heterocycles. The normalized spacial score (nSPS) is 21.5. The van der Waals surface area contributed by atoms with Gasteiger partial charge >= 0.3 is 0 Å². The lowest BCUT2D eigenvalue weighted by Crippen LogP contribution is -2.23. The minimum atomic E-state index is 0.301. The number of fused-ring (bicyclic) bond motifs is 1. The van der Waals surface area contributed by atoms with E-state index >= 15 is 0 Å². The van der Waals surface area contributed by atoms with Crippen LogP contribution in [0.3, 0.4) is 0 Å². The van der Waals surface area contributed by atoms with Gasteiger partial charge in [-0.2, -0.15) is 0 Å². The van der Waals surface area contributed by atoms with Gasteiger partial charge in [0.1, 0.15) is 17.9 Å². The standard InChI is InChI=1S/C18H23N3O/c1-4-13-5-7-14(8-6-13)22-17-10-15-16(9-12(17)2)20-11-21-18(15)19-3/h4,9-11,13-14H,1,5-8H2,2-3H3,(H,19,20,21). The number of nitrogens with zero attached hydrogens (tertiary/aromatic N) is 2. The topological polar surface area (TPSA) is 47.0 Å². The number of rotatable bonds is 4. The van der Waals surface area contributed by atoms with Crippen LogP contribution in [-0.2, 0) is 0 Å². The molecule has 4 heteroatoms. The van der Waals surface area contributed by atoms with Crippen LogP contribution in [0.2, 0.25) is 0 Å². The van der Waals surface area contributed by atoms with Gasteiger partial charge < -0.3 is 10.1 Å². The smallest absolute Gasteiger partial charge is 0.137 e. The number of hydrogen-bond donors (Lipinski definition) is 1. The fraction of sp³-hybridized carbons (Fsp3) is 0.444. The number of anilines is 1. The van der Waals surface area contributed by atoms with Crippen molar-refractivity contribution in [1.29, 1.82) is 0 Å². The Kier molecular flexibility index (Phi) is 4.27. The summed E-state index contributed by atoms with van der Waals surface area (Å²) in [6.07, 6.45) is 8.50. The predicted octanol–water partition coefficient (Wildman–Crippen LogP) is 4.10. The molecule has 3 rings (SSSR count). The van der Waals surface area contributed by atoms with E-state index in [2.05, 4.69) is 47.0 Å². The molecule has 1 aliphatic rings. The first-order chi connectivity index (χ1) is 10.7. The molecular formula is C18H23N3O. The van der Waals surface area contributed by atoms with Crippen LogP contribution < -0.4 is 10.1 Å². The van der Waals surface area contributed by atoms with Gasteiger partial charge in [-0.05, 0) is 56.2 Å². The summed E-state index contributed by atoms with van der Waals surface area (Å²) >= 11 is 0. The molecule has 2 aromatic rings. The van der Waals surface area contributed by atoms with Gasteiger partial charge in [-0.15, -0.1) is 6.58 Å². The number of benzene rings is 1. The molecule has 1 heterocycles. The summed E-state index contributed by atoms with van der Waals surface area (Å²) in [5, 5.41) is 4.12. The molecule has 0 atom stereocenters. The second kappa shape index (κ2) is 6.34. The summed E-state index contributed by atoms with van der Waals surface area (Å²) in [6.45, 7) is 5.97. The van der Waals surface area contributed by atoms with Crippen LogP contribution in [0.1, 0.15) is 31.2 Å². The Morgan fingerprint density at radius 1 is 1.23 bits per heavy atom. The number of nitrogens with one attached hydrogen (secondary N) is 1. The van der Waals surface area contributed by atoms with Crippen LogP contribution in [0.4, 0.5) is 5.82 Å². The molecule has 1 aliphatic carbocycles. The van der Waals surface area contributed by atoms with Gasteiger partial charge in [-0.3, -0.25) is 0 Å². The Balaban J connectivity index is 1.84. The summed E-state index contributed by atoms with van der Waals surface area (Å²) in [6, 6.07) is 4.14. The lowest BCUT2D eigenvalue weighted by molar-refractivity contribution is 0.141. The van der Waals surface area contributed by atoms with E-state index in [1.54, 1.807) is 6.33 Å². The summed E-state index contributed by atoms with van der Waals surface area (Å²) in [5.41, 5.74) is 2.07. The fourth-order valence-corrected chi connectivity index (χ4v) is 3.14. The second-order valence-electron chi connectivity index (χ2n) is 6.00. The molecular weight excluding hydrogens is 274 g/mol. The highest BCUT2D eigenvalue weighted by Crippen LogP contribution is 2.32. The van der Waals surface area contributed by atoms with Crippen molar-refractivity contribution in [2.75, 3.05) is 12.4 Å². The first-order valence-corrected chi connectivity index (χ1v) is 7.93. The lowest BCUT2D eigenvalue weighted by atomic mass is 9.87. The van der Waals surface area contributed by atoms with Gasteiger partial charge in [-0.25, -0.2) is 9.97 Å². The average Bonchev–Trinajstić information content (AvgIpc) is 2.55. The number of allylic oxidation sites excluding steroid dienone is 1. The zero-order valence-electron chi connectivity index (χ0n) is 13.3. The van der Waals surface area contributed by atoms with E-state index in [9.17, 15) is 0 Å². The summed E-state index contributed by atoms with van der Waals surface area (Å²) in [5.74, 6) is 2.44. The van der Waals surface area contributed by atoms with Gasteiger partial charge in [0.05, 0.1) is 11.6 Å². The molecule has 116 valence electrons. The van der Waals surface area contributed by atoms with Crippen molar-refractivity contribution in [3.63, 3.8) is 0 Å². The molecule has 0 radical (unpaired) electrons. The molecule has 1 saturated carbocycles. The fourth-order valence-electron chi connectivity index (χ4n) is 3.14. The SMILES string of the molecule is C=CC1CCC(Oc2cc3c(NC)ncnc3cc2C)CC1. The van der Waals surface area contributed by atoms with Crippen molar-refractivity contribution in [2.45, 2.75) is 38.7 Å². The molecule has 0 saturated heterocycles. The van der Waals surface area contributed by atoms with Crippen molar-refractivity contribution in [2.24, 2.45) is 5.92 Å². The van der Waals surface area contributed by atoms with Crippen molar-refractivity contribution in [3.8, 4) is 5.75 Å². The van der Waals surface area contributed by atoms with Crippen molar-refractivity contribution >= 4 is 16.7 Å².